The van der Waals surface area contributed by atoms with Crippen molar-refractivity contribution in [3.05, 3.63) is 27.2 Å². The zero-order valence-corrected chi connectivity index (χ0v) is 12.5. The molecule has 8 heteroatoms. The van der Waals surface area contributed by atoms with Gasteiger partial charge in [0.1, 0.15) is 12.1 Å². The predicted molar refractivity (Wildman–Crippen MR) is 74.4 cm³/mol. The summed E-state index contributed by atoms with van der Waals surface area (Å²) >= 11 is 0. The molecule has 0 unspecified atom stereocenters. The van der Waals surface area contributed by atoms with Crippen LogP contribution >= 0.6 is 0 Å². The Labute approximate surface area is 121 Å². The normalized spacial score (nSPS) is 10.5. The summed E-state index contributed by atoms with van der Waals surface area (Å²) in [6.45, 7) is 3.08. The van der Waals surface area contributed by atoms with Gasteiger partial charge in [-0.2, -0.15) is 5.10 Å². The van der Waals surface area contributed by atoms with Crippen molar-refractivity contribution in [2.24, 2.45) is 7.05 Å². The summed E-state index contributed by atoms with van der Waals surface area (Å²) in [5.41, 5.74) is 0.400. The van der Waals surface area contributed by atoms with E-state index in [0.29, 0.717) is 11.3 Å². The largest absolute Gasteiger partial charge is 0.480 e. The van der Waals surface area contributed by atoms with Crippen LogP contribution < -0.4 is 5.56 Å². The molecule has 1 aromatic rings. The van der Waals surface area contributed by atoms with Crippen LogP contribution in [0.3, 0.4) is 0 Å². The summed E-state index contributed by atoms with van der Waals surface area (Å²) in [5, 5.41) is 12.9. The maximum absolute atomic E-state index is 12.5. The topological polar surface area (TPSA) is 102 Å². The van der Waals surface area contributed by atoms with E-state index in [9.17, 15) is 14.4 Å². The Hall–Kier alpha value is -2.22. The number of rotatable bonds is 6. The molecule has 1 heterocycles. The van der Waals surface area contributed by atoms with Gasteiger partial charge in [0.05, 0.1) is 12.3 Å². The fraction of sp³-hybridized carbons (Fsp3) is 0.538. The first-order valence-corrected chi connectivity index (χ1v) is 6.34. The number of carbonyl (C=O) groups is 2. The lowest BCUT2D eigenvalue weighted by Crippen LogP contribution is -2.42. The fourth-order valence-electron chi connectivity index (χ4n) is 1.88. The number of ether oxygens (including phenoxy) is 1. The minimum absolute atomic E-state index is 0.0534. The molecule has 0 radical (unpaired) electrons. The number of methoxy groups -OCH3 is 1. The van der Waals surface area contributed by atoms with Gasteiger partial charge in [0.2, 0.25) is 0 Å². The predicted octanol–water partition coefficient (Wildman–Crippen LogP) is -0.430. The van der Waals surface area contributed by atoms with E-state index in [4.69, 9.17) is 9.84 Å². The van der Waals surface area contributed by atoms with Gasteiger partial charge in [0.25, 0.3) is 11.5 Å². The second kappa shape index (κ2) is 6.98. The van der Waals surface area contributed by atoms with Gasteiger partial charge in [0.15, 0.2) is 0 Å². The lowest BCUT2D eigenvalue weighted by atomic mass is 10.1. The molecule has 0 spiro atoms. The molecule has 0 bridgehead atoms. The van der Waals surface area contributed by atoms with Crippen LogP contribution in [-0.2, 0) is 16.6 Å². The Morgan fingerprint density at radius 2 is 2.00 bits per heavy atom. The van der Waals surface area contributed by atoms with Crippen molar-refractivity contribution >= 4 is 11.9 Å². The summed E-state index contributed by atoms with van der Waals surface area (Å²) in [4.78, 5) is 36.6. The molecule has 1 rings (SSSR count). The molecule has 0 saturated carbocycles. The first-order chi connectivity index (χ1) is 9.79. The van der Waals surface area contributed by atoms with E-state index in [-0.39, 0.29) is 18.7 Å². The quantitative estimate of drug-likeness (QED) is 0.764. The number of aliphatic carboxylic acids is 1. The Balaban J connectivity index is 3.26. The molecule has 1 N–H and O–H groups in total. The lowest BCUT2D eigenvalue weighted by Gasteiger charge is -2.21. The number of amides is 1. The number of aromatic nitrogens is 2. The minimum Gasteiger partial charge on any atom is -0.480 e. The van der Waals surface area contributed by atoms with E-state index >= 15 is 0 Å². The van der Waals surface area contributed by atoms with Crippen LogP contribution in [-0.4, -0.2) is 58.5 Å². The number of aryl methyl sites for hydroxylation is 2. The smallest absolute Gasteiger partial charge is 0.323 e. The van der Waals surface area contributed by atoms with Crippen LogP contribution in [0.25, 0.3) is 0 Å². The molecule has 0 fully saturated rings. The summed E-state index contributed by atoms with van der Waals surface area (Å²) in [6.07, 6.45) is 0. The second-order valence-corrected chi connectivity index (χ2v) is 4.63. The molecule has 1 amide bonds. The Morgan fingerprint density at radius 3 is 2.52 bits per heavy atom. The average Bonchev–Trinajstić information content (AvgIpc) is 2.41. The van der Waals surface area contributed by atoms with Crippen molar-refractivity contribution in [1.82, 2.24) is 14.7 Å². The lowest BCUT2D eigenvalue weighted by molar-refractivity contribution is -0.137. The summed E-state index contributed by atoms with van der Waals surface area (Å²) in [6, 6.07) is 0. The zero-order chi connectivity index (χ0) is 16.2. The van der Waals surface area contributed by atoms with Gasteiger partial charge in [-0.3, -0.25) is 14.4 Å². The molecule has 21 heavy (non-hydrogen) atoms. The zero-order valence-electron chi connectivity index (χ0n) is 12.5. The second-order valence-electron chi connectivity index (χ2n) is 4.63. The van der Waals surface area contributed by atoms with E-state index in [1.807, 2.05) is 0 Å². The van der Waals surface area contributed by atoms with E-state index < -0.39 is 24.0 Å². The number of nitrogens with zero attached hydrogens (tertiary/aromatic N) is 3. The molecule has 0 aliphatic rings. The van der Waals surface area contributed by atoms with Gasteiger partial charge >= 0.3 is 5.97 Å². The summed E-state index contributed by atoms with van der Waals surface area (Å²) in [5.74, 6) is -1.78. The highest BCUT2D eigenvalue weighted by Crippen LogP contribution is 2.09. The van der Waals surface area contributed by atoms with E-state index in [0.717, 1.165) is 9.58 Å². The van der Waals surface area contributed by atoms with Crippen molar-refractivity contribution in [3.63, 3.8) is 0 Å². The maximum atomic E-state index is 12.5. The van der Waals surface area contributed by atoms with Gasteiger partial charge in [-0.15, -0.1) is 0 Å². The molecule has 0 aromatic carbocycles. The molecular formula is C13H19N3O5. The summed E-state index contributed by atoms with van der Waals surface area (Å²) < 4.78 is 5.94. The Bertz CT molecular complexity index is 609. The van der Waals surface area contributed by atoms with Gasteiger partial charge in [0, 0.05) is 20.7 Å². The van der Waals surface area contributed by atoms with Crippen LogP contribution in [0.15, 0.2) is 4.79 Å². The molecule has 116 valence electrons. The third kappa shape index (κ3) is 3.88. The Kier molecular flexibility index (Phi) is 5.60. The van der Waals surface area contributed by atoms with Gasteiger partial charge < -0.3 is 14.7 Å². The van der Waals surface area contributed by atoms with Crippen LogP contribution in [0.1, 0.15) is 21.6 Å². The highest BCUT2D eigenvalue weighted by molar-refractivity contribution is 5.96. The monoisotopic (exact) mass is 297 g/mol. The van der Waals surface area contributed by atoms with Crippen LogP contribution in [0.5, 0.6) is 0 Å². The van der Waals surface area contributed by atoms with E-state index in [2.05, 4.69) is 5.10 Å². The van der Waals surface area contributed by atoms with Gasteiger partial charge in [-0.25, -0.2) is 4.68 Å². The molecule has 0 aliphatic carbocycles. The van der Waals surface area contributed by atoms with Crippen molar-refractivity contribution in [1.29, 1.82) is 0 Å². The van der Waals surface area contributed by atoms with Crippen LogP contribution in [0, 0.1) is 13.8 Å². The van der Waals surface area contributed by atoms with Crippen LogP contribution in [0.4, 0.5) is 0 Å². The van der Waals surface area contributed by atoms with Crippen LogP contribution in [0.2, 0.25) is 0 Å². The number of hydrogen-bond donors (Lipinski definition) is 1. The SMILES string of the molecule is COCCN(CC(=O)O)C(=O)c1c(C)c(C)nn(C)c1=O. The van der Waals surface area contributed by atoms with Crippen molar-refractivity contribution in [2.75, 3.05) is 26.8 Å². The molecular weight excluding hydrogens is 278 g/mol. The third-order valence-corrected chi connectivity index (χ3v) is 3.12. The van der Waals surface area contributed by atoms with Crippen molar-refractivity contribution < 1.29 is 19.4 Å². The van der Waals surface area contributed by atoms with Gasteiger partial charge in [-0.1, -0.05) is 0 Å². The molecule has 0 aliphatic heterocycles. The molecule has 1 aromatic heterocycles. The highest BCUT2D eigenvalue weighted by Gasteiger charge is 2.24. The first kappa shape index (κ1) is 16.8. The molecule has 8 nitrogen and oxygen atoms in total. The molecule has 0 saturated heterocycles. The standard InChI is InChI=1S/C13H19N3O5/c1-8-9(2)14-15(3)12(19)11(8)13(20)16(5-6-21-4)7-10(17)18/h5-7H2,1-4H3,(H,17,18). The molecule has 0 atom stereocenters. The van der Waals surface area contributed by atoms with E-state index in [1.54, 1.807) is 13.8 Å². The minimum atomic E-state index is -1.15. The van der Waals surface area contributed by atoms with E-state index in [1.165, 1.54) is 14.2 Å². The fourth-order valence-corrected chi connectivity index (χ4v) is 1.88. The number of carboxylic acid groups (broad SMARTS) is 1. The first-order valence-electron chi connectivity index (χ1n) is 6.34. The van der Waals surface area contributed by atoms with Crippen molar-refractivity contribution in [3.8, 4) is 0 Å². The summed E-state index contributed by atoms with van der Waals surface area (Å²) in [7, 11) is 2.90. The number of carbonyl (C=O) groups excluding carboxylic acids is 1. The van der Waals surface area contributed by atoms with Crippen molar-refractivity contribution in [2.45, 2.75) is 13.8 Å². The maximum Gasteiger partial charge on any atom is 0.323 e. The average molecular weight is 297 g/mol. The number of carboxylic acids is 1. The number of hydrogen-bond acceptors (Lipinski definition) is 5. The Morgan fingerprint density at radius 1 is 1.38 bits per heavy atom. The highest BCUT2D eigenvalue weighted by atomic mass is 16.5. The van der Waals surface area contributed by atoms with Gasteiger partial charge in [-0.05, 0) is 19.4 Å². The third-order valence-electron chi connectivity index (χ3n) is 3.12.